The molecular formula is C9H7ClN2O3. The number of imidazole rings is 1. The lowest BCUT2D eigenvalue weighted by atomic mass is 10.1. The number of hydrogen-bond donors (Lipinski definition) is 3. The second kappa shape index (κ2) is 3.52. The maximum absolute atomic E-state index is 10.6. The first-order chi connectivity index (χ1) is 7.09. The van der Waals surface area contributed by atoms with Crippen molar-refractivity contribution < 1.29 is 15.0 Å². The van der Waals surface area contributed by atoms with Crippen molar-refractivity contribution in [1.29, 1.82) is 0 Å². The molecular weight excluding hydrogens is 220 g/mol. The monoisotopic (exact) mass is 226 g/mol. The van der Waals surface area contributed by atoms with Crippen LogP contribution in [0, 0.1) is 0 Å². The van der Waals surface area contributed by atoms with Crippen molar-refractivity contribution in [3.05, 3.63) is 29.0 Å². The van der Waals surface area contributed by atoms with E-state index >= 15 is 0 Å². The van der Waals surface area contributed by atoms with E-state index < -0.39 is 12.1 Å². The van der Waals surface area contributed by atoms with Crippen LogP contribution in [-0.4, -0.2) is 26.2 Å². The fourth-order valence-electron chi connectivity index (χ4n) is 1.32. The van der Waals surface area contributed by atoms with Crippen molar-refractivity contribution in [2.45, 2.75) is 6.10 Å². The molecule has 2 rings (SSSR count). The largest absolute Gasteiger partial charge is 0.479 e. The molecule has 0 aliphatic heterocycles. The quantitative estimate of drug-likeness (QED) is 0.721. The number of aliphatic hydroxyl groups is 1. The van der Waals surface area contributed by atoms with Crippen molar-refractivity contribution in [3.63, 3.8) is 0 Å². The molecule has 3 N–H and O–H groups in total. The van der Waals surface area contributed by atoms with Gasteiger partial charge in [0.05, 0.1) is 17.4 Å². The fourth-order valence-corrected chi connectivity index (χ4v) is 1.58. The van der Waals surface area contributed by atoms with Crippen LogP contribution in [0.2, 0.25) is 5.02 Å². The smallest absolute Gasteiger partial charge is 0.337 e. The maximum atomic E-state index is 10.6. The molecule has 1 aromatic carbocycles. The molecule has 6 heteroatoms. The first kappa shape index (κ1) is 9.95. The topological polar surface area (TPSA) is 86.2 Å². The third kappa shape index (κ3) is 1.67. The minimum absolute atomic E-state index is 0.154. The Morgan fingerprint density at radius 3 is 2.93 bits per heavy atom. The summed E-state index contributed by atoms with van der Waals surface area (Å²) in [7, 11) is 0. The Kier molecular flexibility index (Phi) is 2.34. The van der Waals surface area contributed by atoms with Gasteiger partial charge in [0.1, 0.15) is 0 Å². The van der Waals surface area contributed by atoms with Gasteiger partial charge in [-0.15, -0.1) is 0 Å². The summed E-state index contributed by atoms with van der Waals surface area (Å²) >= 11 is 5.82. The van der Waals surface area contributed by atoms with E-state index in [0.29, 0.717) is 11.0 Å². The number of aromatic amines is 1. The van der Waals surface area contributed by atoms with Crippen LogP contribution < -0.4 is 0 Å². The maximum Gasteiger partial charge on any atom is 0.337 e. The number of carboxylic acid groups (broad SMARTS) is 1. The average molecular weight is 227 g/mol. The fraction of sp³-hybridized carbons (Fsp3) is 0.111. The lowest BCUT2D eigenvalue weighted by Gasteiger charge is -2.07. The highest BCUT2D eigenvalue weighted by molar-refractivity contribution is 6.32. The van der Waals surface area contributed by atoms with Gasteiger partial charge in [-0.05, 0) is 12.1 Å². The van der Waals surface area contributed by atoms with Gasteiger partial charge in [-0.25, -0.2) is 9.78 Å². The molecule has 1 aromatic heterocycles. The average Bonchev–Trinajstić information content (AvgIpc) is 2.62. The van der Waals surface area contributed by atoms with Gasteiger partial charge in [-0.1, -0.05) is 11.6 Å². The Bertz CT molecular complexity index is 523. The summed E-state index contributed by atoms with van der Waals surface area (Å²) in [5.74, 6) is -1.34. The number of benzene rings is 1. The van der Waals surface area contributed by atoms with Gasteiger partial charge >= 0.3 is 5.97 Å². The zero-order chi connectivity index (χ0) is 11.0. The molecule has 1 heterocycles. The van der Waals surface area contributed by atoms with Crippen molar-refractivity contribution in [1.82, 2.24) is 9.97 Å². The molecule has 15 heavy (non-hydrogen) atoms. The van der Waals surface area contributed by atoms with Gasteiger partial charge in [0.15, 0.2) is 6.10 Å². The molecule has 0 saturated carbocycles. The number of hydrogen-bond acceptors (Lipinski definition) is 3. The first-order valence-electron chi connectivity index (χ1n) is 4.13. The summed E-state index contributed by atoms with van der Waals surface area (Å²) in [6.07, 6.45) is -0.150. The van der Waals surface area contributed by atoms with E-state index in [-0.39, 0.29) is 10.6 Å². The Balaban J connectivity index is 2.59. The van der Waals surface area contributed by atoms with E-state index in [1.54, 1.807) is 0 Å². The molecule has 0 radical (unpaired) electrons. The van der Waals surface area contributed by atoms with Crippen molar-refractivity contribution >= 4 is 28.6 Å². The highest BCUT2D eigenvalue weighted by Crippen LogP contribution is 2.27. The second-order valence-corrected chi connectivity index (χ2v) is 3.44. The van der Waals surface area contributed by atoms with E-state index in [4.69, 9.17) is 16.7 Å². The lowest BCUT2D eigenvalue weighted by Crippen LogP contribution is -2.10. The number of H-pyrrole nitrogens is 1. The Labute approximate surface area is 89.3 Å². The Morgan fingerprint density at radius 2 is 2.27 bits per heavy atom. The molecule has 0 aliphatic rings. The standard InChI is InChI=1S/C9H7ClN2O3/c10-5-2-7-6(11-3-12-7)1-4(5)8(13)9(14)15/h1-3,8,13H,(H,11,12)(H,14,15). The second-order valence-electron chi connectivity index (χ2n) is 3.03. The molecule has 0 aliphatic carbocycles. The van der Waals surface area contributed by atoms with E-state index in [2.05, 4.69) is 9.97 Å². The summed E-state index contributed by atoms with van der Waals surface area (Å²) < 4.78 is 0. The van der Waals surface area contributed by atoms with Gasteiger partial charge in [0.25, 0.3) is 0 Å². The minimum atomic E-state index is -1.62. The SMILES string of the molecule is O=C(O)C(O)c1cc2[nH]cnc2cc1Cl. The Hall–Kier alpha value is -1.59. The third-order valence-corrected chi connectivity index (χ3v) is 2.39. The molecule has 2 aromatic rings. The van der Waals surface area contributed by atoms with Crippen LogP contribution in [0.15, 0.2) is 18.5 Å². The predicted octanol–water partition coefficient (Wildman–Crippen LogP) is 1.33. The Morgan fingerprint density at radius 1 is 1.53 bits per heavy atom. The number of fused-ring (bicyclic) bond motifs is 1. The molecule has 0 fully saturated rings. The molecule has 0 saturated heterocycles. The van der Waals surface area contributed by atoms with Gasteiger partial charge in [-0.3, -0.25) is 0 Å². The number of aromatic nitrogens is 2. The van der Waals surface area contributed by atoms with Crippen LogP contribution in [0.3, 0.4) is 0 Å². The number of nitrogens with one attached hydrogen (secondary N) is 1. The zero-order valence-corrected chi connectivity index (χ0v) is 8.19. The van der Waals surface area contributed by atoms with Crippen LogP contribution in [-0.2, 0) is 4.79 Å². The van der Waals surface area contributed by atoms with E-state index in [9.17, 15) is 9.90 Å². The minimum Gasteiger partial charge on any atom is -0.479 e. The number of rotatable bonds is 2. The molecule has 5 nitrogen and oxygen atoms in total. The van der Waals surface area contributed by atoms with Gasteiger partial charge in [0, 0.05) is 10.6 Å². The van der Waals surface area contributed by atoms with E-state index in [1.807, 2.05) is 0 Å². The van der Waals surface area contributed by atoms with E-state index in [1.165, 1.54) is 18.5 Å². The third-order valence-electron chi connectivity index (χ3n) is 2.07. The van der Waals surface area contributed by atoms with Crippen LogP contribution in [0.5, 0.6) is 0 Å². The number of carboxylic acids is 1. The van der Waals surface area contributed by atoms with Crippen LogP contribution in [0.4, 0.5) is 0 Å². The lowest BCUT2D eigenvalue weighted by molar-refractivity contribution is -0.146. The molecule has 1 atom stereocenters. The predicted molar refractivity (Wildman–Crippen MR) is 53.7 cm³/mol. The summed E-state index contributed by atoms with van der Waals surface area (Å²) in [6.45, 7) is 0. The molecule has 0 bridgehead atoms. The van der Waals surface area contributed by atoms with Gasteiger partial charge in [0.2, 0.25) is 0 Å². The van der Waals surface area contributed by atoms with Crippen molar-refractivity contribution in [3.8, 4) is 0 Å². The first-order valence-corrected chi connectivity index (χ1v) is 4.51. The van der Waals surface area contributed by atoms with Gasteiger partial charge < -0.3 is 15.2 Å². The molecule has 78 valence electrons. The number of halogens is 1. The van der Waals surface area contributed by atoms with E-state index in [0.717, 1.165) is 0 Å². The highest BCUT2D eigenvalue weighted by atomic mass is 35.5. The normalized spacial score (nSPS) is 12.9. The van der Waals surface area contributed by atoms with Crippen LogP contribution >= 0.6 is 11.6 Å². The van der Waals surface area contributed by atoms with Crippen molar-refractivity contribution in [2.24, 2.45) is 0 Å². The number of aliphatic carboxylic acids is 1. The highest BCUT2D eigenvalue weighted by Gasteiger charge is 2.19. The number of nitrogens with zero attached hydrogens (tertiary/aromatic N) is 1. The number of aliphatic hydroxyl groups excluding tert-OH is 1. The molecule has 0 amide bonds. The zero-order valence-electron chi connectivity index (χ0n) is 7.44. The van der Waals surface area contributed by atoms with Crippen LogP contribution in [0.1, 0.15) is 11.7 Å². The molecule has 0 spiro atoms. The van der Waals surface area contributed by atoms with Crippen molar-refractivity contribution in [2.75, 3.05) is 0 Å². The van der Waals surface area contributed by atoms with Gasteiger partial charge in [-0.2, -0.15) is 0 Å². The molecule has 1 unspecified atom stereocenters. The summed E-state index contributed by atoms with van der Waals surface area (Å²) in [5, 5.41) is 18.2. The summed E-state index contributed by atoms with van der Waals surface area (Å²) in [6, 6.07) is 2.98. The number of carbonyl (C=O) groups is 1. The van der Waals surface area contributed by atoms with Crippen LogP contribution in [0.25, 0.3) is 11.0 Å². The summed E-state index contributed by atoms with van der Waals surface area (Å²) in [4.78, 5) is 17.4. The summed E-state index contributed by atoms with van der Waals surface area (Å²) in [5.41, 5.74) is 1.41.